The lowest BCUT2D eigenvalue weighted by Gasteiger charge is -2.28. The molecule has 0 aliphatic carbocycles. The minimum atomic E-state index is -3.05. The number of amides is 1. The Morgan fingerprint density at radius 3 is 2.62 bits per heavy atom. The molecule has 2 N–H and O–H groups in total. The lowest BCUT2D eigenvalue weighted by molar-refractivity contribution is -0.118. The van der Waals surface area contributed by atoms with Crippen molar-refractivity contribution in [3.63, 3.8) is 0 Å². The van der Waals surface area contributed by atoms with Crippen molar-refractivity contribution in [2.24, 2.45) is 0 Å². The van der Waals surface area contributed by atoms with E-state index in [1.807, 2.05) is 0 Å². The second-order valence-corrected chi connectivity index (χ2v) is 7.92. The SMILES string of the molecule is C[C@@H](N[C@]1(C)CCS(=O)(=O)C1)C(=O)Nc1ccccc1F. The molecule has 0 radical (unpaired) electrons. The van der Waals surface area contributed by atoms with Gasteiger partial charge in [0.15, 0.2) is 9.84 Å². The van der Waals surface area contributed by atoms with Crippen molar-refractivity contribution in [1.29, 1.82) is 0 Å². The first-order valence-electron chi connectivity index (χ1n) is 6.74. The molecular weight excluding hydrogens is 295 g/mol. The number of carbonyl (C=O) groups excluding carboxylic acids is 1. The molecular formula is C14H19FN2O3S. The summed E-state index contributed by atoms with van der Waals surface area (Å²) in [5.41, 5.74) is -0.509. The van der Waals surface area contributed by atoms with Crippen LogP contribution in [-0.4, -0.2) is 37.4 Å². The van der Waals surface area contributed by atoms with E-state index in [4.69, 9.17) is 0 Å². The lowest BCUT2D eigenvalue weighted by atomic mass is 10.0. The molecule has 1 aliphatic rings. The lowest BCUT2D eigenvalue weighted by Crippen LogP contribution is -2.52. The van der Waals surface area contributed by atoms with Crippen molar-refractivity contribution in [3.05, 3.63) is 30.1 Å². The van der Waals surface area contributed by atoms with Crippen LogP contribution in [0.15, 0.2) is 24.3 Å². The van der Waals surface area contributed by atoms with E-state index in [0.29, 0.717) is 6.42 Å². The predicted molar refractivity (Wildman–Crippen MR) is 79.3 cm³/mol. The van der Waals surface area contributed by atoms with E-state index in [0.717, 1.165) is 0 Å². The Bertz CT molecular complexity index is 647. The van der Waals surface area contributed by atoms with Crippen molar-refractivity contribution < 1.29 is 17.6 Å². The molecule has 0 bridgehead atoms. The standard InChI is InChI=1S/C14H19FN2O3S/c1-10(17-14(2)7-8-21(19,20)9-14)13(18)16-12-6-4-3-5-11(12)15/h3-6,10,17H,7-9H2,1-2H3,(H,16,18)/t10-,14-/m1/s1. The maximum absolute atomic E-state index is 13.5. The van der Waals surface area contributed by atoms with Crippen LogP contribution in [-0.2, 0) is 14.6 Å². The Labute approximate surface area is 123 Å². The van der Waals surface area contributed by atoms with E-state index in [1.165, 1.54) is 18.2 Å². The molecule has 1 fully saturated rings. The highest BCUT2D eigenvalue weighted by atomic mass is 32.2. The first-order chi connectivity index (χ1) is 9.71. The number of benzene rings is 1. The number of hydrogen-bond donors (Lipinski definition) is 2. The summed E-state index contributed by atoms with van der Waals surface area (Å²) in [6.07, 6.45) is 0.465. The summed E-state index contributed by atoms with van der Waals surface area (Å²) < 4.78 is 36.6. The molecule has 21 heavy (non-hydrogen) atoms. The van der Waals surface area contributed by atoms with Crippen molar-refractivity contribution in [3.8, 4) is 0 Å². The number of halogens is 1. The van der Waals surface area contributed by atoms with Gasteiger partial charge in [-0.3, -0.25) is 10.1 Å². The van der Waals surface area contributed by atoms with Gasteiger partial charge in [0.2, 0.25) is 5.91 Å². The van der Waals surface area contributed by atoms with Gasteiger partial charge in [-0.25, -0.2) is 12.8 Å². The van der Waals surface area contributed by atoms with Crippen LogP contribution in [0, 0.1) is 5.82 Å². The molecule has 0 spiro atoms. The normalized spacial score (nSPS) is 25.5. The number of rotatable bonds is 4. The van der Waals surface area contributed by atoms with Gasteiger partial charge in [0.25, 0.3) is 0 Å². The number of sulfone groups is 1. The fourth-order valence-corrected chi connectivity index (χ4v) is 4.62. The van der Waals surface area contributed by atoms with Gasteiger partial charge < -0.3 is 5.32 Å². The van der Waals surface area contributed by atoms with Crippen LogP contribution in [0.5, 0.6) is 0 Å². The highest BCUT2D eigenvalue weighted by Crippen LogP contribution is 2.23. The zero-order chi connectivity index (χ0) is 15.7. The fraction of sp³-hybridized carbons (Fsp3) is 0.500. The minimum Gasteiger partial charge on any atom is -0.322 e. The van der Waals surface area contributed by atoms with Gasteiger partial charge in [-0.05, 0) is 32.4 Å². The number of carbonyl (C=O) groups is 1. The van der Waals surface area contributed by atoms with Crippen LogP contribution in [0.3, 0.4) is 0 Å². The zero-order valence-electron chi connectivity index (χ0n) is 12.0. The summed E-state index contributed by atoms with van der Waals surface area (Å²) in [6.45, 7) is 3.41. The topological polar surface area (TPSA) is 75.3 Å². The highest BCUT2D eigenvalue weighted by molar-refractivity contribution is 7.91. The van der Waals surface area contributed by atoms with Crippen LogP contribution in [0.25, 0.3) is 0 Å². The summed E-state index contributed by atoms with van der Waals surface area (Å²) in [6, 6.07) is 5.28. The predicted octanol–water partition coefficient (Wildman–Crippen LogP) is 1.32. The van der Waals surface area contributed by atoms with E-state index in [-0.39, 0.29) is 17.2 Å². The summed E-state index contributed by atoms with van der Waals surface area (Å²) in [5, 5.41) is 5.53. The first kappa shape index (κ1) is 15.9. The molecule has 2 atom stereocenters. The Kier molecular flexibility index (Phi) is 4.34. The van der Waals surface area contributed by atoms with Crippen LogP contribution < -0.4 is 10.6 Å². The van der Waals surface area contributed by atoms with Gasteiger partial charge in [-0.15, -0.1) is 0 Å². The monoisotopic (exact) mass is 314 g/mol. The summed E-state index contributed by atoms with van der Waals surface area (Å²) in [4.78, 5) is 12.1. The number of hydrogen-bond acceptors (Lipinski definition) is 4. The molecule has 0 aromatic heterocycles. The summed E-state index contributed by atoms with van der Waals surface area (Å²) in [5.74, 6) is -0.770. The van der Waals surface area contributed by atoms with Crippen LogP contribution in [0.2, 0.25) is 0 Å². The third-order valence-corrected chi connectivity index (χ3v) is 5.50. The molecule has 5 nitrogen and oxygen atoms in total. The molecule has 1 saturated heterocycles. The van der Waals surface area contributed by atoms with Crippen molar-refractivity contribution in [2.45, 2.75) is 31.8 Å². The molecule has 1 aliphatic heterocycles. The van der Waals surface area contributed by atoms with Crippen LogP contribution >= 0.6 is 0 Å². The molecule has 2 rings (SSSR count). The zero-order valence-corrected chi connectivity index (χ0v) is 12.8. The highest BCUT2D eigenvalue weighted by Gasteiger charge is 2.39. The second kappa shape index (κ2) is 5.73. The fourth-order valence-electron chi connectivity index (χ4n) is 2.52. The number of anilines is 1. The Morgan fingerprint density at radius 1 is 1.38 bits per heavy atom. The smallest absolute Gasteiger partial charge is 0.241 e. The van der Waals surface area contributed by atoms with Crippen LogP contribution in [0.1, 0.15) is 20.3 Å². The average Bonchev–Trinajstić information content (AvgIpc) is 2.66. The van der Waals surface area contributed by atoms with Gasteiger partial charge in [-0.1, -0.05) is 12.1 Å². The Morgan fingerprint density at radius 2 is 2.05 bits per heavy atom. The van der Waals surface area contributed by atoms with Gasteiger partial charge in [0, 0.05) is 5.54 Å². The largest absolute Gasteiger partial charge is 0.322 e. The maximum Gasteiger partial charge on any atom is 0.241 e. The van der Waals surface area contributed by atoms with Gasteiger partial charge in [-0.2, -0.15) is 0 Å². The molecule has 1 heterocycles. The molecule has 7 heteroatoms. The third-order valence-electron chi connectivity index (χ3n) is 3.59. The summed E-state index contributed by atoms with van der Waals surface area (Å²) in [7, 11) is -3.05. The van der Waals surface area contributed by atoms with Crippen molar-refractivity contribution >= 4 is 21.4 Å². The van der Waals surface area contributed by atoms with Gasteiger partial charge in [0.05, 0.1) is 23.2 Å². The van der Waals surface area contributed by atoms with E-state index in [9.17, 15) is 17.6 Å². The number of para-hydroxylation sites is 1. The average molecular weight is 314 g/mol. The number of nitrogens with one attached hydrogen (secondary N) is 2. The molecule has 1 aromatic carbocycles. The quantitative estimate of drug-likeness (QED) is 0.879. The Balaban J connectivity index is 1.99. The molecule has 116 valence electrons. The van der Waals surface area contributed by atoms with Crippen molar-refractivity contribution in [2.75, 3.05) is 16.8 Å². The summed E-state index contributed by atoms with van der Waals surface area (Å²) >= 11 is 0. The van der Waals surface area contributed by atoms with Crippen molar-refractivity contribution in [1.82, 2.24) is 5.32 Å². The van der Waals surface area contributed by atoms with Gasteiger partial charge in [0.1, 0.15) is 5.82 Å². The second-order valence-electron chi connectivity index (χ2n) is 5.74. The minimum absolute atomic E-state index is 0.0112. The van der Waals surface area contributed by atoms with E-state index in [2.05, 4.69) is 10.6 Å². The molecule has 0 saturated carbocycles. The third kappa shape index (κ3) is 4.01. The Hall–Kier alpha value is -1.47. The van der Waals surface area contributed by atoms with E-state index in [1.54, 1.807) is 19.9 Å². The first-order valence-corrected chi connectivity index (χ1v) is 8.56. The molecule has 1 aromatic rings. The van der Waals surface area contributed by atoms with Crippen LogP contribution in [0.4, 0.5) is 10.1 Å². The van der Waals surface area contributed by atoms with E-state index >= 15 is 0 Å². The molecule has 0 unspecified atom stereocenters. The van der Waals surface area contributed by atoms with Gasteiger partial charge >= 0.3 is 0 Å². The maximum atomic E-state index is 13.5. The molecule has 1 amide bonds. The van der Waals surface area contributed by atoms with E-state index < -0.39 is 33.1 Å².